The summed E-state index contributed by atoms with van der Waals surface area (Å²) in [4.78, 5) is 0. The molecule has 1 unspecified atom stereocenters. The molecule has 0 saturated carbocycles. The number of fused-ring (bicyclic) bond motifs is 3. The van der Waals surface area contributed by atoms with Crippen LogP contribution in [0.4, 0.5) is 5.69 Å². The SMILES string of the molecule is CC1Cc2c(ccc3ccccc23)N1S(C)(=O)=O. The van der Waals surface area contributed by atoms with Crippen molar-refractivity contribution in [3.05, 3.63) is 42.0 Å². The predicted octanol–water partition coefficient (Wildman–Crippen LogP) is 2.55. The van der Waals surface area contributed by atoms with E-state index in [9.17, 15) is 8.42 Å². The molecule has 1 aliphatic heterocycles. The zero-order valence-electron chi connectivity index (χ0n) is 10.4. The van der Waals surface area contributed by atoms with Crippen molar-refractivity contribution in [2.75, 3.05) is 10.6 Å². The van der Waals surface area contributed by atoms with Gasteiger partial charge in [0.1, 0.15) is 0 Å². The summed E-state index contributed by atoms with van der Waals surface area (Å²) in [6.07, 6.45) is 2.05. The Kier molecular flexibility index (Phi) is 2.38. The lowest BCUT2D eigenvalue weighted by atomic mass is 10.0. The van der Waals surface area contributed by atoms with Gasteiger partial charge in [0.2, 0.25) is 10.0 Å². The Morgan fingerprint density at radius 1 is 1.17 bits per heavy atom. The highest BCUT2D eigenvalue weighted by Crippen LogP contribution is 2.38. The van der Waals surface area contributed by atoms with Crippen LogP contribution in [0, 0.1) is 0 Å². The van der Waals surface area contributed by atoms with E-state index in [-0.39, 0.29) is 6.04 Å². The summed E-state index contributed by atoms with van der Waals surface area (Å²) in [7, 11) is -3.20. The van der Waals surface area contributed by atoms with Crippen molar-refractivity contribution in [1.82, 2.24) is 0 Å². The van der Waals surface area contributed by atoms with Gasteiger partial charge in [0, 0.05) is 6.04 Å². The van der Waals surface area contributed by atoms with E-state index in [4.69, 9.17) is 0 Å². The molecule has 1 aliphatic rings. The normalized spacial score (nSPS) is 19.2. The molecule has 3 nitrogen and oxygen atoms in total. The van der Waals surface area contributed by atoms with Gasteiger partial charge >= 0.3 is 0 Å². The third-order valence-electron chi connectivity index (χ3n) is 3.51. The quantitative estimate of drug-likeness (QED) is 0.791. The molecule has 94 valence electrons. The number of hydrogen-bond acceptors (Lipinski definition) is 2. The van der Waals surface area contributed by atoms with Gasteiger partial charge in [-0.2, -0.15) is 0 Å². The first-order chi connectivity index (χ1) is 8.48. The second-order valence-corrected chi connectivity index (χ2v) is 6.76. The minimum Gasteiger partial charge on any atom is -0.267 e. The van der Waals surface area contributed by atoms with Crippen molar-refractivity contribution in [1.29, 1.82) is 0 Å². The van der Waals surface area contributed by atoms with Crippen molar-refractivity contribution in [2.24, 2.45) is 0 Å². The van der Waals surface area contributed by atoms with Crippen molar-refractivity contribution in [3.8, 4) is 0 Å². The minimum atomic E-state index is -3.20. The Labute approximate surface area is 107 Å². The van der Waals surface area contributed by atoms with Crippen LogP contribution in [0.2, 0.25) is 0 Å². The number of benzene rings is 2. The van der Waals surface area contributed by atoms with Gasteiger partial charge in [0.05, 0.1) is 11.9 Å². The summed E-state index contributed by atoms with van der Waals surface area (Å²) in [6, 6.07) is 12.0. The zero-order valence-corrected chi connectivity index (χ0v) is 11.2. The van der Waals surface area contributed by atoms with Crippen LogP contribution < -0.4 is 4.31 Å². The average Bonchev–Trinajstić information content (AvgIpc) is 2.65. The molecule has 0 fully saturated rings. The van der Waals surface area contributed by atoms with Crippen molar-refractivity contribution >= 4 is 26.5 Å². The van der Waals surface area contributed by atoms with Gasteiger partial charge in [-0.3, -0.25) is 4.31 Å². The second kappa shape index (κ2) is 3.72. The summed E-state index contributed by atoms with van der Waals surface area (Å²) in [5.41, 5.74) is 1.98. The van der Waals surface area contributed by atoms with Gasteiger partial charge in [-0.25, -0.2) is 8.42 Å². The number of rotatable bonds is 1. The maximum absolute atomic E-state index is 11.9. The molecule has 0 N–H and O–H groups in total. The average molecular weight is 261 g/mol. The second-order valence-electron chi connectivity index (χ2n) is 4.90. The fourth-order valence-electron chi connectivity index (χ4n) is 2.87. The Morgan fingerprint density at radius 2 is 1.89 bits per heavy atom. The van der Waals surface area contributed by atoms with Gasteiger partial charge in [0.25, 0.3) is 0 Å². The van der Waals surface area contributed by atoms with Crippen LogP contribution in [-0.4, -0.2) is 20.7 Å². The number of hydrogen-bond donors (Lipinski definition) is 0. The van der Waals surface area contributed by atoms with E-state index in [2.05, 4.69) is 12.1 Å². The highest BCUT2D eigenvalue weighted by Gasteiger charge is 2.33. The van der Waals surface area contributed by atoms with Crippen LogP contribution >= 0.6 is 0 Å². The number of sulfonamides is 1. The molecule has 0 saturated heterocycles. The number of anilines is 1. The summed E-state index contributed by atoms with van der Waals surface area (Å²) in [6.45, 7) is 1.95. The van der Waals surface area contributed by atoms with Crippen LogP contribution in [-0.2, 0) is 16.4 Å². The van der Waals surface area contributed by atoms with E-state index in [0.29, 0.717) is 0 Å². The highest BCUT2D eigenvalue weighted by molar-refractivity contribution is 7.92. The van der Waals surface area contributed by atoms with Gasteiger partial charge in [0.15, 0.2) is 0 Å². The topological polar surface area (TPSA) is 37.4 Å². The van der Waals surface area contributed by atoms with Crippen LogP contribution in [0.3, 0.4) is 0 Å². The first-order valence-corrected chi connectivity index (χ1v) is 7.83. The molecule has 0 spiro atoms. The molecule has 0 aliphatic carbocycles. The molecule has 1 atom stereocenters. The summed E-state index contributed by atoms with van der Waals surface area (Å²) >= 11 is 0. The molecule has 1 heterocycles. The first kappa shape index (κ1) is 11.5. The van der Waals surface area contributed by atoms with Gasteiger partial charge in [-0.05, 0) is 35.7 Å². The first-order valence-electron chi connectivity index (χ1n) is 5.98. The molecule has 0 amide bonds. The molecule has 18 heavy (non-hydrogen) atoms. The lowest BCUT2D eigenvalue weighted by Gasteiger charge is -2.21. The van der Waals surface area contributed by atoms with Crippen molar-refractivity contribution in [3.63, 3.8) is 0 Å². The maximum Gasteiger partial charge on any atom is 0.232 e. The third-order valence-corrected chi connectivity index (χ3v) is 4.78. The molecule has 0 radical (unpaired) electrons. The van der Waals surface area contributed by atoms with Crippen LogP contribution in [0.25, 0.3) is 10.8 Å². The molecule has 0 bridgehead atoms. The van der Waals surface area contributed by atoms with E-state index in [1.165, 1.54) is 15.9 Å². The smallest absolute Gasteiger partial charge is 0.232 e. The van der Waals surface area contributed by atoms with Gasteiger partial charge in [-0.1, -0.05) is 30.3 Å². The molecule has 2 aromatic rings. The fourth-order valence-corrected chi connectivity index (χ4v) is 4.12. The van der Waals surface area contributed by atoms with E-state index in [1.54, 1.807) is 0 Å². The largest absolute Gasteiger partial charge is 0.267 e. The Balaban J connectivity index is 2.31. The van der Waals surface area contributed by atoms with Crippen molar-refractivity contribution < 1.29 is 8.42 Å². The van der Waals surface area contributed by atoms with E-state index < -0.39 is 10.0 Å². The molecular formula is C14H15NO2S. The predicted molar refractivity (Wildman–Crippen MR) is 74.4 cm³/mol. The summed E-state index contributed by atoms with van der Waals surface area (Å²) < 4.78 is 25.3. The standard InChI is InChI=1S/C14H15NO2S/c1-10-9-13-12-6-4-3-5-11(12)7-8-14(13)15(10)18(2,16)17/h3-8,10H,9H2,1-2H3. The van der Waals surface area contributed by atoms with Crippen LogP contribution in [0.5, 0.6) is 0 Å². The zero-order chi connectivity index (χ0) is 12.9. The monoisotopic (exact) mass is 261 g/mol. The van der Waals surface area contributed by atoms with Gasteiger partial charge < -0.3 is 0 Å². The van der Waals surface area contributed by atoms with E-state index >= 15 is 0 Å². The lowest BCUT2D eigenvalue weighted by Crippen LogP contribution is -2.34. The summed E-state index contributed by atoms with van der Waals surface area (Å²) in [5, 5.41) is 2.33. The van der Waals surface area contributed by atoms with Crippen molar-refractivity contribution in [2.45, 2.75) is 19.4 Å². The molecule has 4 heteroatoms. The maximum atomic E-state index is 11.9. The van der Waals surface area contributed by atoms with Crippen LogP contribution in [0.15, 0.2) is 36.4 Å². The minimum absolute atomic E-state index is 0.000746. The Morgan fingerprint density at radius 3 is 2.61 bits per heavy atom. The fraction of sp³-hybridized carbons (Fsp3) is 0.286. The molecular weight excluding hydrogens is 246 g/mol. The Bertz CT molecular complexity index is 722. The van der Waals surface area contributed by atoms with Gasteiger partial charge in [-0.15, -0.1) is 0 Å². The van der Waals surface area contributed by atoms with E-state index in [1.807, 2.05) is 31.2 Å². The molecule has 2 aromatic carbocycles. The lowest BCUT2D eigenvalue weighted by molar-refractivity contribution is 0.590. The number of nitrogens with zero attached hydrogens (tertiary/aromatic N) is 1. The molecule has 3 rings (SSSR count). The highest BCUT2D eigenvalue weighted by atomic mass is 32.2. The third kappa shape index (κ3) is 1.60. The van der Waals surface area contributed by atoms with Crippen LogP contribution in [0.1, 0.15) is 12.5 Å². The summed E-state index contributed by atoms with van der Waals surface area (Å²) in [5.74, 6) is 0. The molecule has 0 aromatic heterocycles. The van der Waals surface area contributed by atoms with E-state index in [0.717, 1.165) is 23.1 Å². The Hall–Kier alpha value is -1.55.